The summed E-state index contributed by atoms with van der Waals surface area (Å²) in [7, 11) is 0. The van der Waals surface area contributed by atoms with Crippen LogP contribution in [0.5, 0.6) is 0 Å². The molecule has 2 aromatic heterocycles. The summed E-state index contributed by atoms with van der Waals surface area (Å²) in [5.41, 5.74) is 1.90. The molecule has 0 unspecified atom stereocenters. The first-order valence-corrected chi connectivity index (χ1v) is 6.68. The quantitative estimate of drug-likeness (QED) is 0.697. The monoisotopic (exact) mass is 280 g/mol. The first-order chi connectivity index (χ1) is 10.3. The van der Waals surface area contributed by atoms with E-state index in [2.05, 4.69) is 20.3 Å². The van der Waals surface area contributed by atoms with Gasteiger partial charge in [0, 0.05) is 19.3 Å². The van der Waals surface area contributed by atoms with Gasteiger partial charge in [0.05, 0.1) is 29.5 Å². The molecule has 1 aliphatic heterocycles. The van der Waals surface area contributed by atoms with Crippen LogP contribution in [0.3, 0.4) is 0 Å². The van der Waals surface area contributed by atoms with Crippen molar-refractivity contribution in [2.24, 2.45) is 0 Å². The number of aromatic nitrogens is 5. The third kappa shape index (κ3) is 2.03. The second-order valence-corrected chi connectivity index (χ2v) is 4.99. The number of para-hydroxylation sites is 2. The third-order valence-electron chi connectivity index (χ3n) is 3.63. The number of nitrogens with zero attached hydrogens (tertiary/aromatic N) is 6. The smallest absolute Gasteiger partial charge is 0.274 e. The SMILES string of the molecule is O=C(c1cnc2ccccc2n1)N1CC(n2ccnn2)C1. The van der Waals surface area contributed by atoms with Crippen LogP contribution in [0.4, 0.5) is 0 Å². The maximum absolute atomic E-state index is 12.4. The molecule has 0 N–H and O–H groups in total. The molecule has 1 fully saturated rings. The van der Waals surface area contributed by atoms with Gasteiger partial charge < -0.3 is 4.90 Å². The molecular formula is C14H12N6O. The summed E-state index contributed by atoms with van der Waals surface area (Å²) in [5, 5.41) is 7.72. The first-order valence-electron chi connectivity index (χ1n) is 6.68. The van der Waals surface area contributed by atoms with Gasteiger partial charge in [-0.3, -0.25) is 9.78 Å². The van der Waals surface area contributed by atoms with Crippen LogP contribution in [-0.4, -0.2) is 48.9 Å². The maximum Gasteiger partial charge on any atom is 0.274 e. The lowest BCUT2D eigenvalue weighted by Crippen LogP contribution is -2.51. The number of likely N-dealkylation sites (tertiary alicyclic amines) is 1. The molecule has 0 atom stereocenters. The largest absolute Gasteiger partial charge is 0.333 e. The average Bonchev–Trinajstić information content (AvgIpc) is 2.99. The van der Waals surface area contributed by atoms with Crippen molar-refractivity contribution in [2.75, 3.05) is 13.1 Å². The molecule has 7 heteroatoms. The van der Waals surface area contributed by atoms with Crippen molar-refractivity contribution in [3.8, 4) is 0 Å². The van der Waals surface area contributed by atoms with Gasteiger partial charge in [-0.2, -0.15) is 0 Å². The predicted molar refractivity (Wildman–Crippen MR) is 74.5 cm³/mol. The Balaban J connectivity index is 1.52. The Labute approximate surface area is 120 Å². The zero-order valence-electron chi connectivity index (χ0n) is 11.1. The van der Waals surface area contributed by atoms with Crippen LogP contribution in [0.1, 0.15) is 16.5 Å². The van der Waals surface area contributed by atoms with E-state index in [4.69, 9.17) is 0 Å². The number of fused-ring (bicyclic) bond motifs is 1. The zero-order valence-corrected chi connectivity index (χ0v) is 11.1. The van der Waals surface area contributed by atoms with Crippen LogP contribution in [0, 0.1) is 0 Å². The topological polar surface area (TPSA) is 76.8 Å². The number of hydrogen-bond acceptors (Lipinski definition) is 5. The highest BCUT2D eigenvalue weighted by Gasteiger charge is 2.33. The summed E-state index contributed by atoms with van der Waals surface area (Å²) < 4.78 is 1.77. The Morgan fingerprint density at radius 3 is 2.76 bits per heavy atom. The van der Waals surface area contributed by atoms with Crippen LogP contribution in [0.25, 0.3) is 11.0 Å². The molecule has 0 spiro atoms. The number of rotatable bonds is 2. The normalized spacial score (nSPS) is 15.1. The van der Waals surface area contributed by atoms with Gasteiger partial charge in [-0.15, -0.1) is 5.10 Å². The molecule has 3 heterocycles. The highest BCUT2D eigenvalue weighted by Crippen LogP contribution is 2.22. The molecule has 1 amide bonds. The van der Waals surface area contributed by atoms with Crippen molar-refractivity contribution in [3.63, 3.8) is 0 Å². The Bertz CT molecular complexity index is 794. The van der Waals surface area contributed by atoms with Crippen LogP contribution in [0.2, 0.25) is 0 Å². The molecule has 3 aromatic rings. The van der Waals surface area contributed by atoms with Crippen molar-refractivity contribution in [1.29, 1.82) is 0 Å². The molecular weight excluding hydrogens is 268 g/mol. The van der Waals surface area contributed by atoms with Gasteiger partial charge >= 0.3 is 0 Å². The summed E-state index contributed by atoms with van der Waals surface area (Å²) in [6, 6.07) is 7.71. The summed E-state index contributed by atoms with van der Waals surface area (Å²) in [6.45, 7) is 1.24. The first kappa shape index (κ1) is 12.0. The minimum atomic E-state index is -0.0929. The average molecular weight is 280 g/mol. The van der Waals surface area contributed by atoms with E-state index >= 15 is 0 Å². The van der Waals surface area contributed by atoms with E-state index in [1.54, 1.807) is 15.8 Å². The van der Waals surface area contributed by atoms with E-state index in [-0.39, 0.29) is 11.9 Å². The van der Waals surface area contributed by atoms with Crippen LogP contribution in [-0.2, 0) is 0 Å². The van der Waals surface area contributed by atoms with E-state index in [9.17, 15) is 4.79 Å². The van der Waals surface area contributed by atoms with Gasteiger partial charge in [0.25, 0.3) is 5.91 Å². The van der Waals surface area contributed by atoms with E-state index in [0.29, 0.717) is 18.8 Å². The number of benzene rings is 1. The van der Waals surface area contributed by atoms with Crippen molar-refractivity contribution in [2.45, 2.75) is 6.04 Å². The lowest BCUT2D eigenvalue weighted by Gasteiger charge is -2.38. The van der Waals surface area contributed by atoms with E-state index in [0.717, 1.165) is 11.0 Å². The van der Waals surface area contributed by atoms with Crippen molar-refractivity contribution in [3.05, 3.63) is 48.5 Å². The Morgan fingerprint density at radius 2 is 2.00 bits per heavy atom. The molecule has 0 saturated carbocycles. The van der Waals surface area contributed by atoms with E-state index < -0.39 is 0 Å². The fourth-order valence-corrected chi connectivity index (χ4v) is 2.42. The lowest BCUT2D eigenvalue weighted by atomic mass is 10.1. The van der Waals surface area contributed by atoms with Gasteiger partial charge in [-0.1, -0.05) is 17.3 Å². The molecule has 0 aliphatic carbocycles. The van der Waals surface area contributed by atoms with E-state index in [1.807, 2.05) is 30.5 Å². The molecule has 7 nitrogen and oxygen atoms in total. The molecule has 1 aromatic carbocycles. The van der Waals surface area contributed by atoms with Gasteiger partial charge in [-0.05, 0) is 12.1 Å². The highest BCUT2D eigenvalue weighted by molar-refractivity contribution is 5.94. The summed E-state index contributed by atoms with van der Waals surface area (Å²) in [4.78, 5) is 22.8. The molecule has 1 aliphatic rings. The van der Waals surface area contributed by atoms with Crippen LogP contribution < -0.4 is 0 Å². The number of carbonyl (C=O) groups excluding carboxylic acids is 1. The summed E-state index contributed by atoms with van der Waals surface area (Å²) in [5.74, 6) is -0.0929. The maximum atomic E-state index is 12.4. The standard InChI is InChI=1S/C14H12N6O/c21-14(19-8-10(9-19)20-6-5-16-18-20)13-7-15-11-3-1-2-4-12(11)17-13/h1-7,10H,8-9H2. The van der Waals surface area contributed by atoms with Crippen LogP contribution >= 0.6 is 0 Å². The Hall–Kier alpha value is -2.83. The van der Waals surface area contributed by atoms with Crippen LogP contribution in [0.15, 0.2) is 42.9 Å². The van der Waals surface area contributed by atoms with Crippen molar-refractivity contribution in [1.82, 2.24) is 29.9 Å². The minimum absolute atomic E-state index is 0.0929. The van der Waals surface area contributed by atoms with E-state index in [1.165, 1.54) is 6.20 Å². The second kappa shape index (κ2) is 4.62. The molecule has 104 valence electrons. The Kier molecular flexibility index (Phi) is 2.63. The zero-order chi connectivity index (χ0) is 14.2. The number of carbonyl (C=O) groups is 1. The molecule has 0 bridgehead atoms. The van der Waals surface area contributed by atoms with Gasteiger partial charge in [0.1, 0.15) is 5.69 Å². The third-order valence-corrected chi connectivity index (χ3v) is 3.63. The van der Waals surface area contributed by atoms with Gasteiger partial charge in [-0.25, -0.2) is 9.67 Å². The summed E-state index contributed by atoms with van der Waals surface area (Å²) in [6.07, 6.45) is 4.98. The highest BCUT2D eigenvalue weighted by atomic mass is 16.2. The predicted octanol–water partition coefficient (Wildman–Crippen LogP) is 0.918. The van der Waals surface area contributed by atoms with Crippen molar-refractivity contribution < 1.29 is 4.79 Å². The minimum Gasteiger partial charge on any atom is -0.333 e. The van der Waals surface area contributed by atoms with Gasteiger partial charge in [0.15, 0.2) is 0 Å². The number of hydrogen-bond donors (Lipinski definition) is 0. The Morgan fingerprint density at radius 1 is 1.19 bits per heavy atom. The molecule has 1 saturated heterocycles. The lowest BCUT2D eigenvalue weighted by molar-refractivity contribution is 0.0492. The number of amides is 1. The fourth-order valence-electron chi connectivity index (χ4n) is 2.42. The molecule has 4 rings (SSSR count). The molecule has 21 heavy (non-hydrogen) atoms. The van der Waals surface area contributed by atoms with Crippen molar-refractivity contribution >= 4 is 16.9 Å². The fraction of sp³-hybridized carbons (Fsp3) is 0.214. The van der Waals surface area contributed by atoms with Gasteiger partial charge in [0.2, 0.25) is 0 Å². The molecule has 0 radical (unpaired) electrons. The second-order valence-electron chi connectivity index (χ2n) is 4.99. The summed E-state index contributed by atoms with van der Waals surface area (Å²) >= 11 is 0.